The average molecular weight is 316 g/mol. The van der Waals surface area contributed by atoms with Crippen LogP contribution in [-0.4, -0.2) is 10.9 Å². The first-order valence-electron chi connectivity index (χ1n) is 5.38. The molecule has 0 bridgehead atoms. The summed E-state index contributed by atoms with van der Waals surface area (Å²) >= 11 is 13.1. The fourth-order valence-corrected chi connectivity index (χ4v) is 2.94. The average Bonchev–Trinajstić information content (AvgIpc) is 2.64. The molecule has 0 aliphatic carbocycles. The lowest BCUT2D eigenvalue weighted by molar-refractivity contribution is 0.103. The number of nitrogens with two attached hydrogens (primary N) is 1. The second-order valence-corrected chi connectivity index (χ2v) is 6.01. The summed E-state index contributed by atoms with van der Waals surface area (Å²) in [6.07, 6.45) is 0. The van der Waals surface area contributed by atoms with Gasteiger partial charge < -0.3 is 11.1 Å². The molecule has 3 N–H and O–H groups in total. The lowest BCUT2D eigenvalue weighted by atomic mass is 10.2. The Balaban J connectivity index is 2.29. The van der Waals surface area contributed by atoms with Gasteiger partial charge in [-0.25, -0.2) is 4.98 Å². The van der Waals surface area contributed by atoms with E-state index in [1.165, 1.54) is 11.3 Å². The van der Waals surface area contributed by atoms with E-state index >= 15 is 0 Å². The lowest BCUT2D eigenvalue weighted by Crippen LogP contribution is -2.12. The maximum atomic E-state index is 12.1. The number of rotatable bonds is 2. The molecule has 0 radical (unpaired) electrons. The van der Waals surface area contributed by atoms with Crippen LogP contribution in [0, 0.1) is 13.8 Å². The van der Waals surface area contributed by atoms with Gasteiger partial charge in [0.05, 0.1) is 10.6 Å². The van der Waals surface area contributed by atoms with Gasteiger partial charge in [-0.15, -0.1) is 11.3 Å². The molecule has 0 spiro atoms. The fraction of sp³-hybridized carbons (Fsp3) is 0.167. The molecule has 0 aromatic carbocycles. The zero-order chi connectivity index (χ0) is 14.2. The second kappa shape index (κ2) is 5.36. The van der Waals surface area contributed by atoms with E-state index in [1.807, 2.05) is 6.92 Å². The Bertz CT molecular complexity index is 612. The van der Waals surface area contributed by atoms with E-state index < -0.39 is 0 Å². The van der Waals surface area contributed by atoms with Crippen LogP contribution in [0.2, 0.25) is 10.3 Å². The van der Waals surface area contributed by atoms with Crippen molar-refractivity contribution in [1.82, 2.24) is 4.98 Å². The molecule has 0 unspecified atom stereocenters. The molecule has 0 saturated carbocycles. The number of nitrogens with one attached hydrogen (secondary N) is 1. The number of halogens is 2. The molecule has 1 amide bonds. The summed E-state index contributed by atoms with van der Waals surface area (Å²) in [4.78, 5) is 17.4. The number of nitrogens with zero attached hydrogens (tertiary/aromatic N) is 1. The Morgan fingerprint density at radius 3 is 2.58 bits per heavy atom. The van der Waals surface area contributed by atoms with Crippen molar-refractivity contribution in [3.63, 3.8) is 0 Å². The SMILES string of the molecule is Cc1cc(Cl)nc(Cl)c1NC(=O)c1cc(N)c(C)s1. The van der Waals surface area contributed by atoms with Gasteiger partial charge in [-0.05, 0) is 31.5 Å². The summed E-state index contributed by atoms with van der Waals surface area (Å²) in [7, 11) is 0. The molecule has 0 aliphatic rings. The van der Waals surface area contributed by atoms with Crippen LogP contribution in [0.5, 0.6) is 0 Å². The molecule has 2 aromatic heterocycles. The predicted molar refractivity (Wildman–Crippen MR) is 80.4 cm³/mol. The minimum absolute atomic E-state index is 0.166. The molecule has 0 saturated heterocycles. The minimum Gasteiger partial charge on any atom is -0.398 e. The number of carbonyl (C=O) groups is 1. The van der Waals surface area contributed by atoms with Crippen molar-refractivity contribution in [2.24, 2.45) is 0 Å². The van der Waals surface area contributed by atoms with Crippen molar-refractivity contribution in [1.29, 1.82) is 0 Å². The first-order chi connectivity index (χ1) is 8.88. The van der Waals surface area contributed by atoms with E-state index in [2.05, 4.69) is 10.3 Å². The van der Waals surface area contributed by atoms with Crippen molar-refractivity contribution < 1.29 is 4.79 Å². The van der Waals surface area contributed by atoms with Crippen LogP contribution in [0.1, 0.15) is 20.1 Å². The molecule has 2 heterocycles. The molecule has 2 rings (SSSR count). The number of aromatic nitrogens is 1. The van der Waals surface area contributed by atoms with Gasteiger partial charge in [0, 0.05) is 10.6 Å². The van der Waals surface area contributed by atoms with Gasteiger partial charge in [-0.1, -0.05) is 23.2 Å². The molecule has 19 heavy (non-hydrogen) atoms. The summed E-state index contributed by atoms with van der Waals surface area (Å²) in [5.74, 6) is -0.265. The normalized spacial score (nSPS) is 10.5. The number of aryl methyl sites for hydroxylation is 2. The van der Waals surface area contributed by atoms with Crippen molar-refractivity contribution in [3.8, 4) is 0 Å². The number of nitrogen functional groups attached to an aromatic ring is 1. The predicted octanol–water partition coefficient (Wildman–Crippen LogP) is 3.90. The van der Waals surface area contributed by atoms with Gasteiger partial charge in [-0.3, -0.25) is 4.79 Å². The van der Waals surface area contributed by atoms with Crippen molar-refractivity contribution in [2.45, 2.75) is 13.8 Å². The second-order valence-electron chi connectivity index (χ2n) is 4.00. The summed E-state index contributed by atoms with van der Waals surface area (Å²) in [5.41, 5.74) is 7.54. The number of amides is 1. The standard InChI is InChI=1S/C12H11Cl2N3OS/c1-5-3-9(13)16-11(14)10(5)17-12(18)8-4-7(15)6(2)19-8/h3-4H,15H2,1-2H3,(H,17,18). The third-order valence-electron chi connectivity index (χ3n) is 2.56. The largest absolute Gasteiger partial charge is 0.398 e. The minimum atomic E-state index is -0.265. The molecule has 0 atom stereocenters. The number of hydrogen-bond donors (Lipinski definition) is 2. The highest BCUT2D eigenvalue weighted by atomic mass is 35.5. The molecule has 2 aromatic rings. The van der Waals surface area contributed by atoms with Gasteiger partial charge in [0.2, 0.25) is 0 Å². The van der Waals surface area contributed by atoms with Gasteiger partial charge in [0.1, 0.15) is 5.15 Å². The molecular formula is C12H11Cl2N3OS. The number of thiophene rings is 1. The number of pyridine rings is 1. The van der Waals surface area contributed by atoms with Crippen LogP contribution in [-0.2, 0) is 0 Å². The maximum Gasteiger partial charge on any atom is 0.265 e. The molecule has 100 valence electrons. The highest BCUT2D eigenvalue weighted by Crippen LogP contribution is 2.29. The van der Waals surface area contributed by atoms with Crippen molar-refractivity contribution in [3.05, 3.63) is 37.8 Å². The molecular weight excluding hydrogens is 305 g/mol. The quantitative estimate of drug-likeness (QED) is 0.826. The Morgan fingerprint density at radius 1 is 1.37 bits per heavy atom. The highest BCUT2D eigenvalue weighted by Gasteiger charge is 2.15. The zero-order valence-corrected chi connectivity index (χ0v) is 12.6. The van der Waals surface area contributed by atoms with Gasteiger partial charge >= 0.3 is 0 Å². The fourth-order valence-electron chi connectivity index (χ4n) is 1.53. The lowest BCUT2D eigenvalue weighted by Gasteiger charge is -2.09. The van der Waals surface area contributed by atoms with Crippen LogP contribution >= 0.6 is 34.5 Å². The maximum absolute atomic E-state index is 12.1. The van der Waals surface area contributed by atoms with Gasteiger partial charge in [0.25, 0.3) is 5.91 Å². The Hall–Kier alpha value is -1.30. The van der Waals surface area contributed by atoms with E-state index in [9.17, 15) is 4.79 Å². The van der Waals surface area contributed by atoms with E-state index in [0.29, 0.717) is 16.3 Å². The summed E-state index contributed by atoms with van der Waals surface area (Å²) in [6, 6.07) is 3.28. The third kappa shape index (κ3) is 3.00. The summed E-state index contributed by atoms with van der Waals surface area (Å²) in [5, 5.41) is 3.18. The smallest absolute Gasteiger partial charge is 0.265 e. The molecule has 7 heteroatoms. The van der Waals surface area contributed by atoms with Crippen LogP contribution < -0.4 is 11.1 Å². The Morgan fingerprint density at radius 2 is 2.05 bits per heavy atom. The Kier molecular flexibility index (Phi) is 3.99. The molecule has 0 fully saturated rings. The van der Waals surface area contributed by atoms with Crippen molar-refractivity contribution in [2.75, 3.05) is 11.1 Å². The first kappa shape index (κ1) is 14.1. The van der Waals surface area contributed by atoms with Crippen molar-refractivity contribution >= 4 is 51.8 Å². The van der Waals surface area contributed by atoms with Gasteiger partial charge in [-0.2, -0.15) is 0 Å². The number of carbonyl (C=O) groups excluding carboxylic acids is 1. The summed E-state index contributed by atoms with van der Waals surface area (Å²) < 4.78 is 0. The summed E-state index contributed by atoms with van der Waals surface area (Å²) in [6.45, 7) is 3.65. The van der Waals surface area contributed by atoms with E-state index in [1.54, 1.807) is 19.1 Å². The monoisotopic (exact) mass is 315 g/mol. The first-order valence-corrected chi connectivity index (χ1v) is 6.95. The van der Waals surface area contributed by atoms with Gasteiger partial charge in [0.15, 0.2) is 5.15 Å². The topological polar surface area (TPSA) is 68.0 Å². The molecule has 0 aliphatic heterocycles. The van der Waals surface area contributed by atoms with Crippen LogP contribution in [0.25, 0.3) is 0 Å². The number of anilines is 2. The van der Waals surface area contributed by atoms with Crippen LogP contribution in [0.15, 0.2) is 12.1 Å². The van der Waals surface area contributed by atoms with E-state index in [-0.39, 0.29) is 16.2 Å². The Labute approximate surface area is 124 Å². The zero-order valence-electron chi connectivity index (χ0n) is 10.3. The molecule has 4 nitrogen and oxygen atoms in total. The van der Waals surface area contributed by atoms with Crippen LogP contribution in [0.4, 0.5) is 11.4 Å². The van der Waals surface area contributed by atoms with E-state index in [4.69, 9.17) is 28.9 Å². The number of hydrogen-bond acceptors (Lipinski definition) is 4. The third-order valence-corrected chi connectivity index (χ3v) is 4.09. The van der Waals surface area contributed by atoms with Crippen LogP contribution in [0.3, 0.4) is 0 Å². The highest BCUT2D eigenvalue weighted by molar-refractivity contribution is 7.14. The van der Waals surface area contributed by atoms with E-state index in [0.717, 1.165) is 10.4 Å².